The third-order valence-electron chi connectivity index (χ3n) is 5.68. The van der Waals surface area contributed by atoms with E-state index in [1.165, 1.54) is 5.56 Å². The molecule has 0 saturated carbocycles. The third-order valence-corrected chi connectivity index (χ3v) is 5.93. The maximum Gasteiger partial charge on any atom is 0.203 e. The summed E-state index contributed by atoms with van der Waals surface area (Å²) in [5.41, 5.74) is 7.01. The average Bonchev–Trinajstić information content (AvgIpc) is 3.02. The van der Waals surface area contributed by atoms with Gasteiger partial charge in [-0.1, -0.05) is 66.1 Å². The van der Waals surface area contributed by atoms with Crippen molar-refractivity contribution in [3.8, 4) is 11.8 Å². The Kier molecular flexibility index (Phi) is 6.29. The molecule has 0 aliphatic carbocycles. The molecule has 1 aliphatic rings. The summed E-state index contributed by atoms with van der Waals surface area (Å²) in [6.45, 7) is 0.725. The van der Waals surface area contributed by atoms with Gasteiger partial charge < -0.3 is 9.88 Å². The van der Waals surface area contributed by atoms with Gasteiger partial charge >= 0.3 is 0 Å². The Balaban J connectivity index is 1.31. The quantitative estimate of drug-likeness (QED) is 0.346. The number of rotatable bonds is 4. The summed E-state index contributed by atoms with van der Waals surface area (Å²) in [4.78, 5) is 9.35. The Morgan fingerprint density at radius 2 is 1.79 bits per heavy atom. The lowest BCUT2D eigenvalue weighted by Gasteiger charge is -2.06. The minimum Gasteiger partial charge on any atom is -0.352 e. The van der Waals surface area contributed by atoms with E-state index in [9.17, 15) is 0 Å². The molecule has 0 spiro atoms. The molecular weight excluding hydrogens is 440 g/mol. The molecule has 34 heavy (non-hydrogen) atoms. The molecule has 3 aromatic carbocycles. The van der Waals surface area contributed by atoms with Crippen LogP contribution in [0.5, 0.6) is 0 Å². The third kappa shape index (κ3) is 4.96. The molecule has 0 radical (unpaired) electrons. The zero-order valence-corrected chi connectivity index (χ0v) is 19.6. The lowest BCUT2D eigenvalue weighted by molar-refractivity contribution is 0.927. The van der Waals surface area contributed by atoms with E-state index in [0.29, 0.717) is 0 Å². The molecule has 0 bridgehead atoms. The van der Waals surface area contributed by atoms with Crippen molar-refractivity contribution < 1.29 is 0 Å². The highest BCUT2D eigenvalue weighted by Gasteiger charge is 2.08. The Labute approximate surface area is 204 Å². The van der Waals surface area contributed by atoms with Crippen LogP contribution in [0.15, 0.2) is 95.6 Å². The summed E-state index contributed by atoms with van der Waals surface area (Å²) >= 11 is 6.00. The standard InChI is InChI=1S/C29H23ClN4/c1-34-28-17-11-21(18-27(28)33-29(34)32-19-22-6-3-2-4-7-22)10-16-26-9-5-8-24(20-31-26)23-12-14-25(30)15-13-23/h2-4,6-9,11-15,17-18,20H,5,19H2,1H3,(H,32,33). The number of imidazole rings is 1. The Morgan fingerprint density at radius 3 is 2.62 bits per heavy atom. The van der Waals surface area contributed by atoms with E-state index in [1.54, 1.807) is 0 Å². The first kappa shape index (κ1) is 21.8. The summed E-state index contributed by atoms with van der Waals surface area (Å²) in [6.07, 6.45) is 6.82. The van der Waals surface area contributed by atoms with E-state index in [2.05, 4.69) is 51.0 Å². The van der Waals surface area contributed by atoms with Gasteiger partial charge in [0.05, 0.1) is 11.0 Å². The van der Waals surface area contributed by atoms with E-state index in [4.69, 9.17) is 16.6 Å². The number of aliphatic imine (C=N–C) groups is 1. The highest BCUT2D eigenvalue weighted by molar-refractivity contribution is 6.30. The maximum absolute atomic E-state index is 6.00. The molecule has 0 saturated heterocycles. The van der Waals surface area contributed by atoms with Gasteiger partial charge in [0, 0.05) is 30.4 Å². The van der Waals surface area contributed by atoms with Crippen LogP contribution in [0.2, 0.25) is 5.02 Å². The molecule has 2 heterocycles. The fourth-order valence-electron chi connectivity index (χ4n) is 3.81. The van der Waals surface area contributed by atoms with Crippen molar-refractivity contribution in [3.05, 3.63) is 112 Å². The smallest absolute Gasteiger partial charge is 0.203 e. The number of nitrogens with one attached hydrogen (secondary N) is 1. The molecule has 1 N–H and O–H groups in total. The number of hydrogen-bond acceptors (Lipinski definition) is 3. The molecule has 5 heteroatoms. The van der Waals surface area contributed by atoms with E-state index < -0.39 is 0 Å². The fourth-order valence-corrected chi connectivity index (χ4v) is 3.93. The van der Waals surface area contributed by atoms with Crippen molar-refractivity contribution in [2.75, 3.05) is 5.32 Å². The average molecular weight is 463 g/mol. The minimum absolute atomic E-state index is 0.725. The van der Waals surface area contributed by atoms with Crippen LogP contribution in [-0.2, 0) is 13.6 Å². The molecule has 0 atom stereocenters. The molecule has 0 fully saturated rings. The van der Waals surface area contributed by atoms with E-state index in [-0.39, 0.29) is 0 Å². The van der Waals surface area contributed by atoms with Crippen molar-refractivity contribution in [2.45, 2.75) is 13.0 Å². The molecule has 1 aromatic heterocycles. The van der Waals surface area contributed by atoms with Crippen LogP contribution in [0.1, 0.15) is 23.1 Å². The fraction of sp³-hybridized carbons (Fsp3) is 0.103. The van der Waals surface area contributed by atoms with Gasteiger partial charge in [0.2, 0.25) is 5.95 Å². The molecular formula is C29H23ClN4. The van der Waals surface area contributed by atoms with Gasteiger partial charge in [-0.2, -0.15) is 0 Å². The van der Waals surface area contributed by atoms with Gasteiger partial charge in [-0.25, -0.2) is 9.98 Å². The number of halogens is 1. The number of nitrogens with zero attached hydrogens (tertiary/aromatic N) is 3. The van der Waals surface area contributed by atoms with Crippen LogP contribution in [-0.4, -0.2) is 15.8 Å². The second-order valence-electron chi connectivity index (χ2n) is 8.04. The highest BCUT2D eigenvalue weighted by Crippen LogP contribution is 2.21. The Hall–Kier alpha value is -4.07. The number of aromatic nitrogens is 2. The van der Waals surface area contributed by atoms with E-state index >= 15 is 0 Å². The number of allylic oxidation sites excluding steroid dienone is 4. The van der Waals surface area contributed by atoms with E-state index in [0.717, 1.165) is 57.4 Å². The maximum atomic E-state index is 6.00. The van der Waals surface area contributed by atoms with Crippen molar-refractivity contribution in [1.29, 1.82) is 0 Å². The molecule has 166 valence electrons. The molecule has 4 aromatic rings. The largest absolute Gasteiger partial charge is 0.352 e. The van der Waals surface area contributed by atoms with Crippen molar-refractivity contribution in [1.82, 2.24) is 9.55 Å². The first-order valence-corrected chi connectivity index (χ1v) is 11.5. The Bertz CT molecular complexity index is 1480. The van der Waals surface area contributed by atoms with Crippen LogP contribution in [0, 0.1) is 11.8 Å². The number of aryl methyl sites for hydroxylation is 1. The zero-order chi connectivity index (χ0) is 23.3. The van der Waals surface area contributed by atoms with Gasteiger partial charge in [-0.05, 0) is 65.4 Å². The monoisotopic (exact) mass is 462 g/mol. The lowest BCUT2D eigenvalue weighted by Crippen LogP contribution is -2.04. The molecule has 1 aliphatic heterocycles. The summed E-state index contributed by atoms with van der Waals surface area (Å²) in [6, 6.07) is 24.2. The van der Waals surface area contributed by atoms with E-state index in [1.807, 2.05) is 73.9 Å². The summed E-state index contributed by atoms with van der Waals surface area (Å²) in [5, 5.41) is 4.15. The lowest BCUT2D eigenvalue weighted by atomic mass is 10.1. The predicted octanol–water partition coefficient (Wildman–Crippen LogP) is 6.63. The van der Waals surface area contributed by atoms with Crippen LogP contribution in [0.4, 0.5) is 5.95 Å². The van der Waals surface area contributed by atoms with Crippen LogP contribution in [0.3, 0.4) is 0 Å². The van der Waals surface area contributed by atoms with Gasteiger partial charge in [-0.3, -0.25) is 0 Å². The van der Waals surface area contributed by atoms with Crippen LogP contribution < -0.4 is 5.32 Å². The SMILES string of the molecule is Cn1c(NCc2ccccc2)nc2cc(C#CC3=CCC=C(c4ccc(Cl)cc4)C=N3)ccc21. The molecule has 5 rings (SSSR count). The molecule has 0 unspecified atom stereocenters. The van der Waals surface area contributed by atoms with Crippen molar-refractivity contribution in [3.63, 3.8) is 0 Å². The number of hydrogen-bond donors (Lipinski definition) is 1. The summed E-state index contributed by atoms with van der Waals surface area (Å²) in [7, 11) is 2.02. The second kappa shape index (κ2) is 9.82. The molecule has 0 amide bonds. The van der Waals surface area contributed by atoms with Gasteiger partial charge in [0.1, 0.15) is 5.70 Å². The topological polar surface area (TPSA) is 42.2 Å². The zero-order valence-electron chi connectivity index (χ0n) is 18.8. The number of fused-ring (bicyclic) bond motifs is 1. The normalized spacial score (nSPS) is 13.0. The van der Waals surface area contributed by atoms with Crippen molar-refractivity contribution in [2.24, 2.45) is 12.0 Å². The second-order valence-corrected chi connectivity index (χ2v) is 8.47. The van der Waals surface area contributed by atoms with Gasteiger partial charge in [0.15, 0.2) is 0 Å². The first-order valence-electron chi connectivity index (χ1n) is 11.1. The highest BCUT2D eigenvalue weighted by atomic mass is 35.5. The van der Waals surface area contributed by atoms with Gasteiger partial charge in [0.25, 0.3) is 0 Å². The minimum atomic E-state index is 0.725. The van der Waals surface area contributed by atoms with Crippen molar-refractivity contribution >= 4 is 40.4 Å². The number of anilines is 1. The predicted molar refractivity (Wildman–Crippen MR) is 142 cm³/mol. The first-order chi connectivity index (χ1) is 16.7. The Morgan fingerprint density at radius 1 is 0.971 bits per heavy atom. The summed E-state index contributed by atoms with van der Waals surface area (Å²) < 4.78 is 2.07. The number of benzene rings is 3. The van der Waals surface area contributed by atoms with Crippen LogP contribution >= 0.6 is 11.6 Å². The van der Waals surface area contributed by atoms with Gasteiger partial charge in [-0.15, -0.1) is 0 Å². The summed E-state index contributed by atoms with van der Waals surface area (Å²) in [5.74, 6) is 7.28. The van der Waals surface area contributed by atoms with Crippen LogP contribution in [0.25, 0.3) is 16.6 Å². The molecule has 4 nitrogen and oxygen atoms in total.